The summed E-state index contributed by atoms with van der Waals surface area (Å²) in [4.78, 5) is 19.8. The van der Waals surface area contributed by atoms with Crippen molar-refractivity contribution in [2.75, 3.05) is 11.9 Å². The van der Waals surface area contributed by atoms with E-state index in [1.807, 2.05) is 12.3 Å². The predicted octanol–water partition coefficient (Wildman–Crippen LogP) is 0.801. The molecule has 2 rings (SSSR count). The number of aryl methyl sites for hydroxylation is 3. The third kappa shape index (κ3) is 4.12. The van der Waals surface area contributed by atoms with E-state index in [1.165, 1.54) is 17.5 Å². The highest BCUT2D eigenvalue weighted by molar-refractivity contribution is 7.89. The summed E-state index contributed by atoms with van der Waals surface area (Å²) in [6.07, 6.45) is 1.44. The summed E-state index contributed by atoms with van der Waals surface area (Å²) in [6, 6.07) is 0. The molecule has 0 aliphatic rings. The van der Waals surface area contributed by atoms with Crippen molar-refractivity contribution in [3.8, 4) is 0 Å². The second-order valence-electron chi connectivity index (χ2n) is 4.73. The number of hydrogen-bond acceptors (Lipinski definition) is 6. The fourth-order valence-electron chi connectivity index (χ4n) is 1.62. The SMILES string of the molecule is Cc1csc(NC(=O)CCNS(=O)(=O)c2cn(C)c(C)n2)n1. The number of nitrogens with one attached hydrogen (secondary N) is 2. The molecule has 120 valence electrons. The van der Waals surface area contributed by atoms with Crippen LogP contribution in [0.2, 0.25) is 0 Å². The van der Waals surface area contributed by atoms with Gasteiger partial charge < -0.3 is 9.88 Å². The molecule has 2 N–H and O–H groups in total. The third-order valence-corrected chi connectivity index (χ3v) is 5.08. The van der Waals surface area contributed by atoms with Gasteiger partial charge in [0.25, 0.3) is 10.0 Å². The van der Waals surface area contributed by atoms with Crippen LogP contribution in [0.15, 0.2) is 16.6 Å². The zero-order valence-electron chi connectivity index (χ0n) is 12.5. The van der Waals surface area contributed by atoms with Gasteiger partial charge in [-0.2, -0.15) is 0 Å². The first-order valence-corrected chi connectivity index (χ1v) is 8.86. The van der Waals surface area contributed by atoms with Crippen molar-refractivity contribution in [3.05, 3.63) is 23.1 Å². The lowest BCUT2D eigenvalue weighted by Crippen LogP contribution is -2.28. The van der Waals surface area contributed by atoms with Crippen LogP contribution >= 0.6 is 11.3 Å². The molecule has 0 spiro atoms. The Hall–Kier alpha value is -1.78. The molecule has 2 aromatic rings. The quantitative estimate of drug-likeness (QED) is 0.807. The second kappa shape index (κ2) is 6.55. The van der Waals surface area contributed by atoms with Crippen LogP contribution < -0.4 is 10.0 Å². The fraction of sp³-hybridized carbons (Fsp3) is 0.417. The molecule has 0 fully saturated rings. The highest BCUT2D eigenvalue weighted by atomic mass is 32.2. The standard InChI is InChI=1S/C12H17N5O3S2/c1-8-7-21-12(14-8)16-10(18)4-5-13-22(19,20)11-6-17(3)9(2)15-11/h6-7,13H,4-5H2,1-3H3,(H,14,16,18). The van der Waals surface area contributed by atoms with Gasteiger partial charge in [-0.1, -0.05) is 0 Å². The van der Waals surface area contributed by atoms with E-state index in [0.29, 0.717) is 11.0 Å². The molecule has 0 bridgehead atoms. The summed E-state index contributed by atoms with van der Waals surface area (Å²) < 4.78 is 28.0. The Labute approximate surface area is 132 Å². The Morgan fingerprint density at radius 3 is 2.64 bits per heavy atom. The topological polar surface area (TPSA) is 106 Å². The van der Waals surface area contributed by atoms with Crippen LogP contribution in [-0.4, -0.2) is 35.4 Å². The molecule has 0 aromatic carbocycles. The number of rotatable bonds is 6. The Bertz CT molecular complexity index is 759. The molecule has 0 saturated carbocycles. The lowest BCUT2D eigenvalue weighted by Gasteiger charge is -2.04. The van der Waals surface area contributed by atoms with Gasteiger partial charge >= 0.3 is 0 Å². The molecule has 22 heavy (non-hydrogen) atoms. The number of aromatic nitrogens is 3. The molecular weight excluding hydrogens is 326 g/mol. The van der Waals surface area contributed by atoms with E-state index in [-0.39, 0.29) is 23.9 Å². The molecule has 0 atom stereocenters. The Morgan fingerprint density at radius 1 is 1.36 bits per heavy atom. The smallest absolute Gasteiger partial charge is 0.259 e. The maximum Gasteiger partial charge on any atom is 0.259 e. The number of hydrogen-bond donors (Lipinski definition) is 2. The van der Waals surface area contributed by atoms with E-state index in [2.05, 4.69) is 20.0 Å². The van der Waals surface area contributed by atoms with Gasteiger partial charge in [-0.3, -0.25) is 4.79 Å². The first-order chi connectivity index (χ1) is 10.3. The van der Waals surface area contributed by atoms with E-state index < -0.39 is 10.0 Å². The van der Waals surface area contributed by atoms with Crippen molar-refractivity contribution < 1.29 is 13.2 Å². The first-order valence-electron chi connectivity index (χ1n) is 6.49. The fourth-order valence-corrected chi connectivity index (χ4v) is 3.39. The Kier molecular flexibility index (Phi) is 4.94. The van der Waals surface area contributed by atoms with Crippen molar-refractivity contribution in [1.82, 2.24) is 19.3 Å². The number of nitrogens with zero attached hydrogens (tertiary/aromatic N) is 3. The number of carbonyl (C=O) groups is 1. The molecule has 0 saturated heterocycles. The molecule has 2 aromatic heterocycles. The summed E-state index contributed by atoms with van der Waals surface area (Å²) in [5.41, 5.74) is 0.825. The predicted molar refractivity (Wildman–Crippen MR) is 83.2 cm³/mol. The summed E-state index contributed by atoms with van der Waals surface area (Å²) in [6.45, 7) is 3.53. The highest BCUT2D eigenvalue weighted by Crippen LogP contribution is 2.14. The number of anilines is 1. The summed E-state index contributed by atoms with van der Waals surface area (Å²) in [7, 11) is -1.99. The molecule has 0 unspecified atom stereocenters. The van der Waals surface area contributed by atoms with E-state index in [1.54, 1.807) is 18.5 Å². The van der Waals surface area contributed by atoms with E-state index in [0.717, 1.165) is 5.69 Å². The summed E-state index contributed by atoms with van der Waals surface area (Å²) in [5, 5.41) is 4.89. The van der Waals surface area contributed by atoms with Crippen LogP contribution in [0.4, 0.5) is 5.13 Å². The molecule has 10 heteroatoms. The molecular formula is C12H17N5O3S2. The zero-order valence-corrected chi connectivity index (χ0v) is 14.1. The average molecular weight is 343 g/mol. The van der Waals surface area contributed by atoms with E-state index >= 15 is 0 Å². The van der Waals surface area contributed by atoms with Crippen molar-refractivity contribution in [2.24, 2.45) is 7.05 Å². The van der Waals surface area contributed by atoms with Crippen LogP contribution in [0.3, 0.4) is 0 Å². The van der Waals surface area contributed by atoms with E-state index in [4.69, 9.17) is 0 Å². The minimum Gasteiger partial charge on any atom is -0.337 e. The largest absolute Gasteiger partial charge is 0.337 e. The number of imidazole rings is 1. The van der Waals surface area contributed by atoms with Gasteiger partial charge in [0.15, 0.2) is 10.2 Å². The molecule has 0 radical (unpaired) electrons. The average Bonchev–Trinajstić information content (AvgIpc) is 2.97. The molecule has 0 aliphatic heterocycles. The molecule has 8 nitrogen and oxygen atoms in total. The molecule has 1 amide bonds. The van der Waals surface area contributed by atoms with E-state index in [9.17, 15) is 13.2 Å². The maximum atomic E-state index is 12.0. The first kappa shape index (κ1) is 16.6. The Morgan fingerprint density at radius 2 is 2.09 bits per heavy atom. The number of sulfonamides is 1. The monoisotopic (exact) mass is 343 g/mol. The van der Waals surface area contributed by atoms with Gasteiger partial charge in [0.2, 0.25) is 5.91 Å². The molecule has 2 heterocycles. The van der Waals surface area contributed by atoms with Crippen LogP contribution in [-0.2, 0) is 21.9 Å². The minimum atomic E-state index is -3.70. The normalized spacial score (nSPS) is 11.6. The Balaban J connectivity index is 1.86. The van der Waals surface area contributed by atoms with Crippen molar-refractivity contribution in [1.29, 1.82) is 0 Å². The van der Waals surface area contributed by atoms with Gasteiger partial charge in [-0.05, 0) is 13.8 Å². The minimum absolute atomic E-state index is 0.00581. The van der Waals surface area contributed by atoms with Crippen molar-refractivity contribution >= 4 is 32.4 Å². The maximum absolute atomic E-state index is 12.0. The van der Waals surface area contributed by atoms with Gasteiger partial charge in [0.1, 0.15) is 5.82 Å². The number of amides is 1. The van der Waals surface area contributed by atoms with Crippen LogP contribution in [0.5, 0.6) is 0 Å². The summed E-state index contributed by atoms with van der Waals surface area (Å²) in [5.74, 6) is 0.298. The number of carbonyl (C=O) groups excluding carboxylic acids is 1. The number of thiazole rings is 1. The van der Waals surface area contributed by atoms with Gasteiger partial charge in [0.05, 0.1) is 5.69 Å². The second-order valence-corrected chi connectivity index (χ2v) is 7.30. The van der Waals surface area contributed by atoms with Crippen LogP contribution in [0, 0.1) is 13.8 Å². The van der Waals surface area contributed by atoms with Crippen LogP contribution in [0.1, 0.15) is 17.9 Å². The van der Waals surface area contributed by atoms with Crippen LogP contribution in [0.25, 0.3) is 0 Å². The molecule has 0 aliphatic carbocycles. The lowest BCUT2D eigenvalue weighted by atomic mass is 10.4. The van der Waals surface area contributed by atoms with Gasteiger partial charge in [0, 0.05) is 31.6 Å². The van der Waals surface area contributed by atoms with Gasteiger partial charge in [-0.25, -0.2) is 23.1 Å². The van der Waals surface area contributed by atoms with Crippen molar-refractivity contribution in [2.45, 2.75) is 25.3 Å². The third-order valence-electron chi connectivity index (χ3n) is 2.87. The highest BCUT2D eigenvalue weighted by Gasteiger charge is 2.18. The van der Waals surface area contributed by atoms with Gasteiger partial charge in [-0.15, -0.1) is 11.3 Å². The summed E-state index contributed by atoms with van der Waals surface area (Å²) >= 11 is 1.32. The van der Waals surface area contributed by atoms with Crippen molar-refractivity contribution in [3.63, 3.8) is 0 Å². The lowest BCUT2D eigenvalue weighted by molar-refractivity contribution is -0.116. The zero-order chi connectivity index (χ0) is 16.3.